The summed E-state index contributed by atoms with van der Waals surface area (Å²) in [5, 5.41) is 0. The molecule has 0 radical (unpaired) electrons. The van der Waals surface area contributed by atoms with E-state index in [-0.39, 0.29) is 11.9 Å². The van der Waals surface area contributed by atoms with Gasteiger partial charge in [-0.25, -0.2) is 0 Å². The Labute approximate surface area is 114 Å². The lowest BCUT2D eigenvalue weighted by Gasteiger charge is -1.95. The Hall–Kier alpha value is -1.84. The first-order chi connectivity index (χ1) is 9.16. The molecule has 0 aromatic heterocycles. The highest BCUT2D eigenvalue weighted by Crippen LogP contribution is 1.99. The molecule has 0 aliphatic heterocycles. The zero-order chi connectivity index (χ0) is 14.3. The highest BCUT2D eigenvalue weighted by molar-refractivity contribution is 5.69. The normalized spacial score (nSPS) is 11.5. The molecule has 0 aromatic carbocycles. The summed E-state index contributed by atoms with van der Waals surface area (Å²) in [5.74, 6) is -0.435. The predicted octanol–water partition coefficient (Wildman–Crippen LogP) is 2.95. The Morgan fingerprint density at radius 3 is 2.47 bits per heavy atom. The van der Waals surface area contributed by atoms with Gasteiger partial charge >= 0.3 is 11.9 Å². The Kier molecular flexibility index (Phi) is 11.4. The van der Waals surface area contributed by atoms with Crippen LogP contribution in [-0.2, 0) is 19.1 Å². The topological polar surface area (TPSA) is 52.6 Å². The summed E-state index contributed by atoms with van der Waals surface area (Å²) in [6.45, 7) is 1.69. The van der Waals surface area contributed by atoms with Crippen LogP contribution in [0.4, 0.5) is 0 Å². The number of methoxy groups -OCH3 is 1. The molecule has 0 fully saturated rings. The van der Waals surface area contributed by atoms with Crippen LogP contribution in [0.2, 0.25) is 0 Å². The molecule has 0 amide bonds. The van der Waals surface area contributed by atoms with E-state index in [1.54, 1.807) is 6.08 Å². The van der Waals surface area contributed by atoms with Crippen LogP contribution < -0.4 is 0 Å². The van der Waals surface area contributed by atoms with Gasteiger partial charge in [0, 0.05) is 13.3 Å². The first-order valence-corrected chi connectivity index (χ1v) is 6.33. The van der Waals surface area contributed by atoms with E-state index < -0.39 is 0 Å². The third-order valence-corrected chi connectivity index (χ3v) is 2.18. The molecule has 4 heteroatoms. The summed E-state index contributed by atoms with van der Waals surface area (Å²) in [6, 6.07) is 0. The van der Waals surface area contributed by atoms with Crippen molar-refractivity contribution in [1.82, 2.24) is 0 Å². The van der Waals surface area contributed by atoms with Crippen molar-refractivity contribution in [3.8, 4) is 0 Å². The average molecular weight is 266 g/mol. The van der Waals surface area contributed by atoms with Crippen molar-refractivity contribution in [1.29, 1.82) is 0 Å². The summed E-state index contributed by atoms with van der Waals surface area (Å²) in [4.78, 5) is 21.3. The van der Waals surface area contributed by atoms with Gasteiger partial charge in [-0.05, 0) is 25.3 Å². The van der Waals surface area contributed by atoms with Gasteiger partial charge < -0.3 is 9.47 Å². The van der Waals surface area contributed by atoms with E-state index in [1.807, 2.05) is 24.3 Å². The molecule has 0 aliphatic rings. The second-order valence-corrected chi connectivity index (χ2v) is 3.83. The number of ether oxygens (including phenoxy) is 2. The van der Waals surface area contributed by atoms with E-state index in [9.17, 15) is 9.59 Å². The maximum absolute atomic E-state index is 10.8. The third kappa shape index (κ3) is 14.1. The number of rotatable bonds is 9. The number of allylic oxidation sites excluding steroid dienone is 5. The number of unbranched alkanes of at least 4 members (excludes halogenated alkanes) is 1. The Morgan fingerprint density at radius 1 is 1.05 bits per heavy atom. The Morgan fingerprint density at radius 2 is 1.79 bits per heavy atom. The molecule has 0 rings (SSSR count). The molecule has 0 saturated carbocycles. The van der Waals surface area contributed by atoms with Gasteiger partial charge in [0.25, 0.3) is 0 Å². The number of esters is 2. The fourth-order valence-electron chi connectivity index (χ4n) is 1.22. The minimum Gasteiger partial charge on any atom is -0.469 e. The van der Waals surface area contributed by atoms with Crippen LogP contribution in [0.5, 0.6) is 0 Å². The minimum absolute atomic E-state index is 0.161. The van der Waals surface area contributed by atoms with Gasteiger partial charge in [0.05, 0.1) is 7.11 Å². The second-order valence-electron chi connectivity index (χ2n) is 3.83. The Bertz CT molecular complexity index is 340. The van der Waals surface area contributed by atoms with Crippen LogP contribution in [0, 0.1) is 0 Å². The predicted molar refractivity (Wildman–Crippen MR) is 74.5 cm³/mol. The van der Waals surface area contributed by atoms with E-state index in [2.05, 4.69) is 10.8 Å². The van der Waals surface area contributed by atoms with Crippen LogP contribution in [-0.4, -0.2) is 25.7 Å². The lowest BCUT2D eigenvalue weighted by molar-refractivity contribution is -0.141. The molecule has 0 N–H and O–H groups in total. The third-order valence-electron chi connectivity index (χ3n) is 2.18. The summed E-state index contributed by atoms with van der Waals surface area (Å²) in [5.41, 5.74) is 0. The monoisotopic (exact) mass is 266 g/mol. The molecule has 0 bridgehead atoms. The molecular formula is C15H22O4. The zero-order valence-electron chi connectivity index (χ0n) is 11.6. The smallest absolute Gasteiger partial charge is 0.305 e. The minimum atomic E-state index is -0.275. The molecule has 4 nitrogen and oxygen atoms in total. The molecule has 0 spiro atoms. The van der Waals surface area contributed by atoms with Crippen molar-refractivity contribution in [2.75, 3.05) is 13.7 Å². The summed E-state index contributed by atoms with van der Waals surface area (Å²) in [7, 11) is 1.40. The van der Waals surface area contributed by atoms with Gasteiger partial charge in [-0.1, -0.05) is 30.4 Å². The number of carbonyl (C=O) groups excluding carboxylic acids is 2. The van der Waals surface area contributed by atoms with Crippen molar-refractivity contribution in [3.05, 3.63) is 36.5 Å². The molecule has 0 unspecified atom stereocenters. The van der Waals surface area contributed by atoms with E-state index >= 15 is 0 Å². The first-order valence-electron chi connectivity index (χ1n) is 6.33. The van der Waals surface area contributed by atoms with Gasteiger partial charge in [0.1, 0.15) is 6.61 Å². The van der Waals surface area contributed by atoms with E-state index in [1.165, 1.54) is 14.0 Å². The second kappa shape index (κ2) is 12.6. The summed E-state index contributed by atoms with van der Waals surface area (Å²) in [6.07, 6.45) is 14.6. The highest BCUT2D eigenvalue weighted by atomic mass is 16.5. The van der Waals surface area contributed by atoms with E-state index in [4.69, 9.17) is 4.74 Å². The van der Waals surface area contributed by atoms with Gasteiger partial charge in [-0.3, -0.25) is 9.59 Å². The molecule has 0 heterocycles. The van der Waals surface area contributed by atoms with Gasteiger partial charge in [0.2, 0.25) is 0 Å². The lowest BCUT2D eigenvalue weighted by atomic mass is 10.2. The summed E-state index contributed by atoms with van der Waals surface area (Å²) < 4.78 is 9.27. The van der Waals surface area contributed by atoms with Gasteiger partial charge in [-0.2, -0.15) is 0 Å². The number of carbonyl (C=O) groups is 2. The van der Waals surface area contributed by atoms with Crippen molar-refractivity contribution in [2.24, 2.45) is 0 Å². The molecule has 0 saturated heterocycles. The molecule has 19 heavy (non-hydrogen) atoms. The maximum atomic E-state index is 10.8. The molecule has 106 valence electrons. The van der Waals surface area contributed by atoms with Crippen LogP contribution in [0.3, 0.4) is 0 Å². The standard InChI is InChI=1S/C15H22O4/c1-14(16)19-13-11-9-7-5-3-4-6-8-10-12-15(17)18-2/h4-7,9,11H,3,8,10,12-13H2,1-2H3/b6-4-,7-5+,11-9+. The van der Waals surface area contributed by atoms with Crippen LogP contribution in [0.15, 0.2) is 36.5 Å². The van der Waals surface area contributed by atoms with Crippen LogP contribution >= 0.6 is 0 Å². The molecule has 0 aromatic rings. The quantitative estimate of drug-likeness (QED) is 0.279. The van der Waals surface area contributed by atoms with Crippen molar-refractivity contribution in [2.45, 2.75) is 32.6 Å². The number of hydrogen-bond acceptors (Lipinski definition) is 4. The maximum Gasteiger partial charge on any atom is 0.305 e. The molecule has 0 atom stereocenters. The zero-order valence-corrected chi connectivity index (χ0v) is 11.6. The van der Waals surface area contributed by atoms with Crippen molar-refractivity contribution in [3.63, 3.8) is 0 Å². The summed E-state index contributed by atoms with van der Waals surface area (Å²) >= 11 is 0. The molecule has 0 aliphatic carbocycles. The number of hydrogen-bond donors (Lipinski definition) is 0. The first kappa shape index (κ1) is 17.2. The molecular weight excluding hydrogens is 244 g/mol. The van der Waals surface area contributed by atoms with Crippen molar-refractivity contribution >= 4 is 11.9 Å². The fraction of sp³-hybridized carbons (Fsp3) is 0.467. The Balaban J connectivity index is 3.46. The highest BCUT2D eigenvalue weighted by Gasteiger charge is 1.96. The SMILES string of the molecule is COC(=O)CCC/C=C\C/C=C/C=C/COC(C)=O. The largest absolute Gasteiger partial charge is 0.469 e. The van der Waals surface area contributed by atoms with E-state index in [0.29, 0.717) is 13.0 Å². The van der Waals surface area contributed by atoms with Gasteiger partial charge in [0.15, 0.2) is 0 Å². The fourth-order valence-corrected chi connectivity index (χ4v) is 1.22. The van der Waals surface area contributed by atoms with Gasteiger partial charge in [-0.15, -0.1) is 0 Å². The lowest BCUT2D eigenvalue weighted by Crippen LogP contribution is -1.98. The average Bonchev–Trinajstić information content (AvgIpc) is 2.39. The van der Waals surface area contributed by atoms with Crippen molar-refractivity contribution < 1.29 is 19.1 Å². The van der Waals surface area contributed by atoms with E-state index in [0.717, 1.165) is 19.3 Å². The van der Waals surface area contributed by atoms with Crippen LogP contribution in [0.1, 0.15) is 32.6 Å². The van der Waals surface area contributed by atoms with Crippen LogP contribution in [0.25, 0.3) is 0 Å².